The van der Waals surface area contributed by atoms with Crippen molar-refractivity contribution in [1.29, 1.82) is 0 Å². The van der Waals surface area contributed by atoms with Gasteiger partial charge in [-0.1, -0.05) is 6.07 Å². The standard InChI is InChI=1S/C17H23N5O2/c1-12-10-13(2)22(20-12)15-7-5-6-14(11-15)19-17(24)16(23)18-8-9-21(3)4/h5-7,10-11H,8-9H2,1-4H3,(H,18,23)(H,19,24). The minimum atomic E-state index is -0.681. The molecule has 0 aliphatic carbocycles. The summed E-state index contributed by atoms with van der Waals surface area (Å²) in [5, 5.41) is 9.61. The average molecular weight is 329 g/mol. The number of likely N-dealkylation sites (N-methyl/N-ethyl adjacent to an activating group) is 1. The van der Waals surface area contributed by atoms with Gasteiger partial charge in [-0.15, -0.1) is 0 Å². The van der Waals surface area contributed by atoms with Crippen LogP contribution in [0.15, 0.2) is 30.3 Å². The molecule has 7 heteroatoms. The zero-order valence-electron chi connectivity index (χ0n) is 14.5. The van der Waals surface area contributed by atoms with Crippen molar-refractivity contribution in [3.8, 4) is 5.69 Å². The highest BCUT2D eigenvalue weighted by Crippen LogP contribution is 2.16. The summed E-state index contributed by atoms with van der Waals surface area (Å²) in [6, 6.07) is 9.20. The van der Waals surface area contributed by atoms with E-state index in [1.54, 1.807) is 16.8 Å². The molecule has 0 aliphatic rings. The largest absolute Gasteiger partial charge is 0.347 e. The molecule has 0 aliphatic heterocycles. The van der Waals surface area contributed by atoms with Crippen LogP contribution in [0.5, 0.6) is 0 Å². The molecule has 0 saturated carbocycles. The second-order valence-electron chi connectivity index (χ2n) is 5.90. The fourth-order valence-electron chi connectivity index (χ4n) is 2.27. The topological polar surface area (TPSA) is 79.3 Å². The van der Waals surface area contributed by atoms with Gasteiger partial charge in [-0.2, -0.15) is 5.10 Å². The summed E-state index contributed by atoms with van der Waals surface area (Å²) < 4.78 is 1.79. The monoisotopic (exact) mass is 329 g/mol. The Morgan fingerprint density at radius 2 is 1.92 bits per heavy atom. The number of anilines is 1. The third-order valence-corrected chi connectivity index (χ3v) is 3.41. The van der Waals surface area contributed by atoms with Crippen LogP contribution < -0.4 is 10.6 Å². The van der Waals surface area contributed by atoms with Crippen LogP contribution in [0.3, 0.4) is 0 Å². The molecular formula is C17H23N5O2. The number of hydrogen-bond donors (Lipinski definition) is 2. The Kier molecular flexibility index (Phi) is 5.70. The summed E-state index contributed by atoms with van der Waals surface area (Å²) in [6.45, 7) is 4.98. The average Bonchev–Trinajstić information content (AvgIpc) is 2.85. The highest BCUT2D eigenvalue weighted by Gasteiger charge is 2.13. The lowest BCUT2D eigenvalue weighted by atomic mass is 10.2. The lowest BCUT2D eigenvalue weighted by molar-refractivity contribution is -0.136. The van der Waals surface area contributed by atoms with Crippen LogP contribution in [0.1, 0.15) is 11.4 Å². The van der Waals surface area contributed by atoms with Gasteiger partial charge in [0.25, 0.3) is 0 Å². The van der Waals surface area contributed by atoms with Crippen LogP contribution in [0.4, 0.5) is 5.69 Å². The Morgan fingerprint density at radius 3 is 2.54 bits per heavy atom. The Balaban J connectivity index is 2.03. The molecule has 1 heterocycles. The molecule has 2 aromatic rings. The smallest absolute Gasteiger partial charge is 0.313 e. The van der Waals surface area contributed by atoms with E-state index in [0.29, 0.717) is 18.8 Å². The molecule has 2 amide bonds. The number of amides is 2. The first kappa shape index (κ1) is 17.7. The minimum absolute atomic E-state index is 0.422. The van der Waals surface area contributed by atoms with Gasteiger partial charge in [-0.3, -0.25) is 9.59 Å². The third-order valence-electron chi connectivity index (χ3n) is 3.41. The molecule has 1 aromatic heterocycles. The maximum atomic E-state index is 11.9. The van der Waals surface area contributed by atoms with Crippen LogP contribution >= 0.6 is 0 Å². The normalized spacial score (nSPS) is 10.7. The summed E-state index contributed by atoms with van der Waals surface area (Å²) in [5.41, 5.74) is 3.29. The molecule has 24 heavy (non-hydrogen) atoms. The molecule has 7 nitrogen and oxygen atoms in total. The fraction of sp³-hybridized carbons (Fsp3) is 0.353. The van der Waals surface area contributed by atoms with Crippen molar-refractivity contribution in [1.82, 2.24) is 20.0 Å². The molecule has 128 valence electrons. The zero-order valence-corrected chi connectivity index (χ0v) is 14.5. The van der Waals surface area contributed by atoms with Gasteiger partial charge in [-0.05, 0) is 52.2 Å². The predicted molar refractivity (Wildman–Crippen MR) is 93.2 cm³/mol. The Labute approximate surface area is 141 Å². The summed E-state index contributed by atoms with van der Waals surface area (Å²) in [7, 11) is 3.80. The maximum absolute atomic E-state index is 11.9. The first-order valence-electron chi connectivity index (χ1n) is 7.74. The summed E-state index contributed by atoms with van der Waals surface area (Å²) in [5.74, 6) is -1.33. The van der Waals surface area contributed by atoms with Crippen molar-refractivity contribution >= 4 is 17.5 Å². The van der Waals surface area contributed by atoms with E-state index in [4.69, 9.17) is 0 Å². The first-order valence-corrected chi connectivity index (χ1v) is 7.74. The van der Waals surface area contributed by atoms with E-state index in [1.807, 2.05) is 51.0 Å². The van der Waals surface area contributed by atoms with Crippen molar-refractivity contribution in [2.24, 2.45) is 0 Å². The van der Waals surface area contributed by atoms with Crippen LogP contribution in [-0.2, 0) is 9.59 Å². The molecule has 2 rings (SSSR count). The number of carbonyl (C=O) groups excluding carboxylic acids is 2. The molecule has 0 saturated heterocycles. The van der Waals surface area contributed by atoms with Gasteiger partial charge in [0, 0.05) is 24.5 Å². The number of nitrogens with zero attached hydrogens (tertiary/aromatic N) is 3. The van der Waals surface area contributed by atoms with E-state index in [2.05, 4.69) is 15.7 Å². The lowest BCUT2D eigenvalue weighted by Gasteiger charge is -2.11. The van der Waals surface area contributed by atoms with Gasteiger partial charge in [0.1, 0.15) is 0 Å². The number of carbonyl (C=O) groups is 2. The van der Waals surface area contributed by atoms with Crippen molar-refractivity contribution < 1.29 is 9.59 Å². The first-order chi connectivity index (χ1) is 11.4. The lowest BCUT2D eigenvalue weighted by Crippen LogP contribution is -2.38. The molecule has 1 aromatic carbocycles. The van der Waals surface area contributed by atoms with Gasteiger partial charge in [0.05, 0.1) is 11.4 Å². The predicted octanol–water partition coefficient (Wildman–Crippen LogP) is 1.11. The molecule has 0 unspecified atom stereocenters. The third kappa shape index (κ3) is 4.66. The highest BCUT2D eigenvalue weighted by atomic mass is 16.2. The minimum Gasteiger partial charge on any atom is -0.347 e. The number of rotatable bonds is 5. The number of hydrogen-bond acceptors (Lipinski definition) is 4. The van der Waals surface area contributed by atoms with E-state index in [0.717, 1.165) is 17.1 Å². The van der Waals surface area contributed by atoms with E-state index >= 15 is 0 Å². The Bertz CT molecular complexity index is 736. The van der Waals surface area contributed by atoms with Gasteiger partial charge in [0.2, 0.25) is 0 Å². The SMILES string of the molecule is Cc1cc(C)n(-c2cccc(NC(=O)C(=O)NCCN(C)C)c2)n1. The molecule has 0 fully saturated rings. The number of aromatic nitrogens is 2. The van der Waals surface area contributed by atoms with Crippen molar-refractivity contribution in [2.45, 2.75) is 13.8 Å². The summed E-state index contributed by atoms with van der Waals surface area (Å²) >= 11 is 0. The maximum Gasteiger partial charge on any atom is 0.313 e. The van der Waals surface area contributed by atoms with Crippen LogP contribution in [0.2, 0.25) is 0 Å². The zero-order chi connectivity index (χ0) is 17.7. The second-order valence-corrected chi connectivity index (χ2v) is 5.90. The molecule has 0 radical (unpaired) electrons. The van der Waals surface area contributed by atoms with Crippen molar-refractivity contribution in [2.75, 3.05) is 32.5 Å². The highest BCUT2D eigenvalue weighted by molar-refractivity contribution is 6.39. The van der Waals surface area contributed by atoms with Gasteiger partial charge >= 0.3 is 11.8 Å². The van der Waals surface area contributed by atoms with Gasteiger partial charge < -0.3 is 15.5 Å². The van der Waals surface area contributed by atoms with Crippen molar-refractivity contribution in [3.05, 3.63) is 41.7 Å². The molecule has 0 bridgehead atoms. The van der Waals surface area contributed by atoms with Crippen LogP contribution in [0.25, 0.3) is 5.69 Å². The van der Waals surface area contributed by atoms with E-state index in [9.17, 15) is 9.59 Å². The molecule has 0 spiro atoms. The van der Waals surface area contributed by atoms with Crippen LogP contribution in [0, 0.1) is 13.8 Å². The Morgan fingerprint density at radius 1 is 1.17 bits per heavy atom. The molecule has 2 N–H and O–H groups in total. The Hall–Kier alpha value is -2.67. The number of nitrogens with one attached hydrogen (secondary N) is 2. The van der Waals surface area contributed by atoms with Gasteiger partial charge in [0.15, 0.2) is 0 Å². The fourth-order valence-corrected chi connectivity index (χ4v) is 2.27. The quantitative estimate of drug-likeness (QED) is 0.805. The van der Waals surface area contributed by atoms with E-state index < -0.39 is 11.8 Å². The molecular weight excluding hydrogens is 306 g/mol. The summed E-state index contributed by atoms with van der Waals surface area (Å²) in [6.07, 6.45) is 0. The number of aryl methyl sites for hydroxylation is 2. The van der Waals surface area contributed by atoms with Crippen LogP contribution in [-0.4, -0.2) is 53.7 Å². The molecule has 0 atom stereocenters. The van der Waals surface area contributed by atoms with E-state index in [-0.39, 0.29) is 0 Å². The van der Waals surface area contributed by atoms with E-state index in [1.165, 1.54) is 0 Å². The summed E-state index contributed by atoms with van der Waals surface area (Å²) in [4.78, 5) is 25.7. The second kappa shape index (κ2) is 7.74. The van der Waals surface area contributed by atoms with Crippen molar-refractivity contribution in [3.63, 3.8) is 0 Å². The van der Waals surface area contributed by atoms with Gasteiger partial charge in [-0.25, -0.2) is 4.68 Å². The number of benzene rings is 1.